The van der Waals surface area contributed by atoms with E-state index in [1.54, 1.807) is 30.5 Å². The minimum atomic E-state index is -0.160. The van der Waals surface area contributed by atoms with Gasteiger partial charge < -0.3 is 19.5 Å². The Morgan fingerprint density at radius 1 is 1.50 bits per heavy atom. The third kappa shape index (κ3) is 3.33. The van der Waals surface area contributed by atoms with Crippen LogP contribution in [0.5, 0.6) is 5.75 Å². The molecular formula is C19H22N4O3. The van der Waals surface area contributed by atoms with Gasteiger partial charge in [-0.05, 0) is 25.1 Å². The van der Waals surface area contributed by atoms with E-state index in [2.05, 4.69) is 16.5 Å². The van der Waals surface area contributed by atoms with Crippen LogP contribution in [0.25, 0.3) is 11.3 Å². The molecule has 1 amide bonds. The monoisotopic (exact) mass is 354 g/mol. The van der Waals surface area contributed by atoms with Crippen molar-refractivity contribution < 1.29 is 9.53 Å². The number of likely N-dealkylation sites (N-methyl/N-ethyl adjacent to an activating group) is 1. The van der Waals surface area contributed by atoms with Crippen molar-refractivity contribution in [3.63, 3.8) is 0 Å². The zero-order chi connectivity index (χ0) is 18.7. The molecule has 0 aliphatic carbocycles. The summed E-state index contributed by atoms with van der Waals surface area (Å²) in [6.07, 6.45) is 4.63. The predicted molar refractivity (Wildman–Crippen MR) is 100 cm³/mol. The Labute approximate surface area is 151 Å². The van der Waals surface area contributed by atoms with E-state index in [0.717, 1.165) is 11.3 Å². The summed E-state index contributed by atoms with van der Waals surface area (Å²) in [5, 5.41) is 0. The van der Waals surface area contributed by atoms with E-state index in [0.29, 0.717) is 31.1 Å². The number of anilines is 1. The minimum Gasteiger partial charge on any atom is -0.497 e. The summed E-state index contributed by atoms with van der Waals surface area (Å²) in [5.74, 6) is 0.619. The largest absolute Gasteiger partial charge is 0.497 e. The molecule has 0 bridgehead atoms. The lowest BCUT2D eigenvalue weighted by Gasteiger charge is -2.45. The molecule has 26 heavy (non-hydrogen) atoms. The average Bonchev–Trinajstić information content (AvgIpc) is 2.64. The smallest absolute Gasteiger partial charge is 0.271 e. The number of ether oxygens (including phenoxy) is 1. The second kappa shape index (κ2) is 7.43. The van der Waals surface area contributed by atoms with Crippen molar-refractivity contribution in [3.8, 4) is 17.0 Å². The minimum absolute atomic E-state index is 0.0828. The first-order valence-electron chi connectivity index (χ1n) is 8.48. The highest BCUT2D eigenvalue weighted by Crippen LogP contribution is 2.25. The SMILES string of the molecule is C=CC(=O)N1CC(N(CC)c2cc(-c3cc(OC)ccn3)c[nH]c2=O)C1. The maximum Gasteiger partial charge on any atom is 0.271 e. The van der Waals surface area contributed by atoms with Crippen molar-refractivity contribution in [2.45, 2.75) is 13.0 Å². The van der Waals surface area contributed by atoms with E-state index in [4.69, 9.17) is 4.74 Å². The average molecular weight is 354 g/mol. The second-order valence-corrected chi connectivity index (χ2v) is 6.07. The fraction of sp³-hybridized carbons (Fsp3) is 0.316. The van der Waals surface area contributed by atoms with Gasteiger partial charge in [0.25, 0.3) is 5.56 Å². The van der Waals surface area contributed by atoms with E-state index in [1.165, 1.54) is 6.08 Å². The molecule has 2 aromatic heterocycles. The topological polar surface area (TPSA) is 78.5 Å². The van der Waals surface area contributed by atoms with Gasteiger partial charge in [-0.3, -0.25) is 14.6 Å². The van der Waals surface area contributed by atoms with E-state index in [1.807, 2.05) is 24.0 Å². The molecule has 3 heterocycles. The summed E-state index contributed by atoms with van der Waals surface area (Å²) in [6.45, 7) is 7.33. The van der Waals surface area contributed by atoms with Gasteiger partial charge in [0.05, 0.1) is 18.8 Å². The lowest BCUT2D eigenvalue weighted by atomic mass is 10.1. The summed E-state index contributed by atoms with van der Waals surface area (Å²) < 4.78 is 5.24. The molecule has 0 atom stereocenters. The van der Waals surface area contributed by atoms with Gasteiger partial charge in [0, 0.05) is 43.7 Å². The molecule has 1 saturated heterocycles. The molecule has 0 radical (unpaired) electrons. The maximum atomic E-state index is 12.4. The van der Waals surface area contributed by atoms with Crippen molar-refractivity contribution in [3.05, 3.63) is 53.6 Å². The van der Waals surface area contributed by atoms with Crippen molar-refractivity contribution in [2.24, 2.45) is 0 Å². The first-order chi connectivity index (χ1) is 12.6. The molecule has 0 unspecified atom stereocenters. The van der Waals surface area contributed by atoms with Crippen LogP contribution in [0.15, 0.2) is 48.0 Å². The van der Waals surface area contributed by atoms with Crippen LogP contribution in [0.4, 0.5) is 5.69 Å². The van der Waals surface area contributed by atoms with Crippen molar-refractivity contribution >= 4 is 11.6 Å². The highest BCUT2D eigenvalue weighted by molar-refractivity contribution is 5.87. The third-order valence-corrected chi connectivity index (χ3v) is 4.59. The van der Waals surface area contributed by atoms with Crippen LogP contribution in [0.1, 0.15) is 6.92 Å². The Morgan fingerprint density at radius 3 is 2.92 bits per heavy atom. The lowest BCUT2D eigenvalue weighted by molar-refractivity contribution is -0.130. The number of carbonyl (C=O) groups is 1. The van der Waals surface area contributed by atoms with Crippen molar-refractivity contribution in [1.29, 1.82) is 0 Å². The molecule has 1 fully saturated rings. The van der Waals surface area contributed by atoms with Crippen LogP contribution in [0.3, 0.4) is 0 Å². The van der Waals surface area contributed by atoms with Gasteiger partial charge in [-0.2, -0.15) is 0 Å². The number of hydrogen-bond acceptors (Lipinski definition) is 5. The molecule has 1 N–H and O–H groups in total. The summed E-state index contributed by atoms with van der Waals surface area (Å²) in [7, 11) is 1.60. The molecule has 1 aliphatic heterocycles. The summed E-state index contributed by atoms with van der Waals surface area (Å²) >= 11 is 0. The zero-order valence-corrected chi connectivity index (χ0v) is 14.9. The van der Waals surface area contributed by atoms with Crippen LogP contribution >= 0.6 is 0 Å². The van der Waals surface area contributed by atoms with Gasteiger partial charge in [-0.15, -0.1) is 0 Å². The number of hydrogen-bond donors (Lipinski definition) is 1. The highest BCUT2D eigenvalue weighted by Gasteiger charge is 2.34. The third-order valence-electron chi connectivity index (χ3n) is 4.59. The fourth-order valence-electron chi connectivity index (χ4n) is 3.12. The first-order valence-corrected chi connectivity index (χ1v) is 8.48. The molecule has 0 spiro atoms. The van der Waals surface area contributed by atoms with E-state index >= 15 is 0 Å². The van der Waals surface area contributed by atoms with Gasteiger partial charge in [0.2, 0.25) is 5.91 Å². The lowest BCUT2D eigenvalue weighted by Crippen LogP contribution is -2.61. The Balaban J connectivity index is 1.88. The van der Waals surface area contributed by atoms with Crippen LogP contribution in [-0.4, -0.2) is 53.6 Å². The summed E-state index contributed by atoms with van der Waals surface area (Å²) in [4.78, 5) is 34.9. The number of likely N-dealkylation sites (tertiary alicyclic amines) is 1. The van der Waals surface area contributed by atoms with Gasteiger partial charge in [-0.25, -0.2) is 0 Å². The molecule has 3 rings (SSSR count). The van der Waals surface area contributed by atoms with Crippen molar-refractivity contribution in [2.75, 3.05) is 31.6 Å². The number of nitrogens with one attached hydrogen (secondary N) is 1. The number of aromatic amines is 1. The molecule has 7 heteroatoms. The van der Waals surface area contributed by atoms with E-state index in [-0.39, 0.29) is 17.5 Å². The Hall–Kier alpha value is -3.09. The van der Waals surface area contributed by atoms with Crippen LogP contribution in [-0.2, 0) is 4.79 Å². The normalized spacial score (nSPS) is 13.8. The van der Waals surface area contributed by atoms with E-state index < -0.39 is 0 Å². The fourth-order valence-corrected chi connectivity index (χ4v) is 3.12. The van der Waals surface area contributed by atoms with Gasteiger partial charge in [0.1, 0.15) is 11.4 Å². The molecule has 0 saturated carbocycles. The predicted octanol–water partition coefficient (Wildman–Crippen LogP) is 1.67. The number of methoxy groups -OCH3 is 1. The van der Waals surface area contributed by atoms with Crippen LogP contribution < -0.4 is 15.2 Å². The van der Waals surface area contributed by atoms with E-state index in [9.17, 15) is 9.59 Å². The number of carbonyl (C=O) groups excluding carboxylic acids is 1. The molecule has 2 aromatic rings. The number of pyridine rings is 2. The number of amides is 1. The molecule has 0 aromatic carbocycles. The van der Waals surface area contributed by atoms with Crippen molar-refractivity contribution in [1.82, 2.24) is 14.9 Å². The highest BCUT2D eigenvalue weighted by atomic mass is 16.5. The summed E-state index contributed by atoms with van der Waals surface area (Å²) in [5.41, 5.74) is 1.93. The molecule has 136 valence electrons. The number of aromatic nitrogens is 2. The molecule has 7 nitrogen and oxygen atoms in total. The quantitative estimate of drug-likeness (QED) is 0.799. The Bertz CT molecular complexity index is 871. The maximum absolute atomic E-state index is 12.4. The Kier molecular flexibility index (Phi) is 5.06. The second-order valence-electron chi connectivity index (χ2n) is 6.07. The zero-order valence-electron chi connectivity index (χ0n) is 14.9. The molecule has 1 aliphatic rings. The molecular weight excluding hydrogens is 332 g/mol. The summed E-state index contributed by atoms with van der Waals surface area (Å²) in [6, 6.07) is 5.54. The Morgan fingerprint density at radius 2 is 2.27 bits per heavy atom. The van der Waals surface area contributed by atoms with Gasteiger partial charge in [-0.1, -0.05) is 6.58 Å². The van der Waals surface area contributed by atoms with Gasteiger partial charge in [0.15, 0.2) is 0 Å². The number of rotatable bonds is 6. The van der Waals surface area contributed by atoms with Gasteiger partial charge >= 0.3 is 0 Å². The number of H-pyrrole nitrogens is 1. The first kappa shape index (κ1) is 17.7. The van der Waals surface area contributed by atoms with Crippen LogP contribution in [0.2, 0.25) is 0 Å². The number of nitrogens with zero attached hydrogens (tertiary/aromatic N) is 3. The standard InChI is InChI=1S/C19H22N4O3/c1-4-18(24)22-11-14(12-22)23(5-2)17-8-13(10-21-19(17)25)16-9-15(26-3)6-7-20-16/h4,6-10,14H,1,5,11-12H2,2-3H3,(H,21,25). The van der Waals surface area contributed by atoms with Crippen LogP contribution in [0, 0.1) is 0 Å².